The Bertz CT molecular complexity index is 860. The molecule has 8 nitrogen and oxygen atoms in total. The maximum absolute atomic E-state index is 12.1. The molecule has 0 aromatic carbocycles. The van der Waals surface area contributed by atoms with Crippen molar-refractivity contribution < 1.29 is 23.9 Å². The lowest BCUT2D eigenvalue weighted by Crippen LogP contribution is -2.25. The molecule has 0 saturated heterocycles. The number of pyridine rings is 1. The number of nitrogens with one attached hydrogen (secondary N) is 1. The molecule has 0 atom stereocenters. The second-order valence-electron chi connectivity index (χ2n) is 5.85. The number of rotatable bonds is 5. The number of aromatic nitrogens is 1. The number of carbonyl (C=O) groups is 3. The lowest BCUT2D eigenvalue weighted by atomic mass is 9.95. The van der Waals surface area contributed by atoms with Gasteiger partial charge in [-0.1, -0.05) is 0 Å². The van der Waals surface area contributed by atoms with Gasteiger partial charge in [0.25, 0.3) is 11.8 Å². The van der Waals surface area contributed by atoms with Gasteiger partial charge >= 0.3 is 5.97 Å². The van der Waals surface area contributed by atoms with E-state index in [0.717, 1.165) is 48.5 Å². The molecule has 1 aliphatic rings. The Balaban J connectivity index is 1.65. The lowest BCUT2D eigenvalue weighted by molar-refractivity contribution is -0.605. The zero-order valence-electron chi connectivity index (χ0n) is 13.8. The Hall–Kier alpha value is -2.94. The van der Waals surface area contributed by atoms with Gasteiger partial charge in [0.1, 0.15) is 5.00 Å². The van der Waals surface area contributed by atoms with Crippen LogP contribution < -0.4 is 15.8 Å². The second kappa shape index (κ2) is 7.52. The monoisotopic (exact) mass is 375 g/mol. The molecule has 0 unspecified atom stereocenters. The average molecular weight is 375 g/mol. The predicted octanol–water partition coefficient (Wildman–Crippen LogP) is 1.15. The number of thiophene rings is 1. The molecule has 3 N–H and O–H groups in total. The lowest BCUT2D eigenvalue weighted by Gasteiger charge is -2.11. The summed E-state index contributed by atoms with van der Waals surface area (Å²) in [4.78, 5) is 36.8. The molecule has 1 aliphatic carbocycles. The first-order chi connectivity index (χ1) is 12.5. The zero-order chi connectivity index (χ0) is 18.7. The number of amides is 2. The minimum Gasteiger partial charge on any atom is -0.619 e. The fourth-order valence-corrected chi connectivity index (χ4v) is 4.15. The Morgan fingerprint density at radius 3 is 2.62 bits per heavy atom. The van der Waals surface area contributed by atoms with E-state index in [9.17, 15) is 19.6 Å². The molecule has 0 spiro atoms. The largest absolute Gasteiger partial charge is 0.619 e. The number of anilines is 1. The van der Waals surface area contributed by atoms with Gasteiger partial charge in [0.2, 0.25) is 0 Å². The van der Waals surface area contributed by atoms with Gasteiger partial charge in [-0.3, -0.25) is 9.59 Å². The van der Waals surface area contributed by atoms with Gasteiger partial charge in [-0.15, -0.1) is 11.3 Å². The van der Waals surface area contributed by atoms with Crippen molar-refractivity contribution in [2.24, 2.45) is 5.73 Å². The van der Waals surface area contributed by atoms with Crippen molar-refractivity contribution in [1.82, 2.24) is 0 Å². The van der Waals surface area contributed by atoms with E-state index in [1.54, 1.807) is 0 Å². The van der Waals surface area contributed by atoms with Gasteiger partial charge in [-0.2, -0.15) is 4.73 Å². The predicted molar refractivity (Wildman–Crippen MR) is 93.8 cm³/mol. The Morgan fingerprint density at radius 2 is 1.92 bits per heavy atom. The number of carbonyl (C=O) groups excluding carboxylic acids is 3. The SMILES string of the molecule is NC(=O)c1c(NC(=O)COC(=O)c2cc[n+]([O-])cc2)sc2c1CCCC2. The van der Waals surface area contributed by atoms with E-state index in [4.69, 9.17) is 10.5 Å². The van der Waals surface area contributed by atoms with Gasteiger partial charge in [-0.25, -0.2) is 4.79 Å². The van der Waals surface area contributed by atoms with Crippen molar-refractivity contribution in [3.05, 3.63) is 51.3 Å². The molecular weight excluding hydrogens is 358 g/mol. The van der Waals surface area contributed by atoms with Crippen LogP contribution in [-0.4, -0.2) is 24.4 Å². The highest BCUT2D eigenvalue weighted by Crippen LogP contribution is 2.37. The van der Waals surface area contributed by atoms with Crippen molar-refractivity contribution in [3.63, 3.8) is 0 Å². The summed E-state index contributed by atoms with van der Waals surface area (Å²) in [5, 5.41) is 14.0. The third-order valence-corrected chi connectivity index (χ3v) is 5.25. The number of primary amides is 1. The second-order valence-corrected chi connectivity index (χ2v) is 6.96. The maximum Gasteiger partial charge on any atom is 0.339 e. The number of nitrogens with two attached hydrogens (primary N) is 1. The number of hydrogen-bond donors (Lipinski definition) is 2. The first-order valence-corrected chi connectivity index (χ1v) is 8.87. The molecule has 2 aromatic rings. The molecule has 2 heterocycles. The first kappa shape index (κ1) is 17.9. The van der Waals surface area contributed by atoms with Gasteiger partial charge in [0, 0.05) is 17.0 Å². The van der Waals surface area contributed by atoms with E-state index >= 15 is 0 Å². The molecule has 3 rings (SSSR count). The quantitative estimate of drug-likeness (QED) is 0.461. The first-order valence-electron chi connectivity index (χ1n) is 8.06. The van der Waals surface area contributed by atoms with E-state index < -0.39 is 24.4 Å². The van der Waals surface area contributed by atoms with Crippen LogP contribution in [-0.2, 0) is 22.4 Å². The van der Waals surface area contributed by atoms with Crippen molar-refractivity contribution >= 4 is 34.1 Å². The minimum atomic E-state index is -0.721. The van der Waals surface area contributed by atoms with Crippen LogP contribution >= 0.6 is 11.3 Å². The van der Waals surface area contributed by atoms with E-state index in [1.165, 1.54) is 23.5 Å². The highest BCUT2D eigenvalue weighted by Gasteiger charge is 2.25. The molecule has 2 amide bonds. The molecule has 136 valence electrons. The van der Waals surface area contributed by atoms with Crippen molar-refractivity contribution in [3.8, 4) is 0 Å². The molecule has 26 heavy (non-hydrogen) atoms. The summed E-state index contributed by atoms with van der Waals surface area (Å²) >= 11 is 1.34. The summed E-state index contributed by atoms with van der Waals surface area (Å²) < 4.78 is 5.47. The zero-order valence-corrected chi connectivity index (χ0v) is 14.6. The van der Waals surface area contributed by atoms with Crippen LogP contribution in [0.4, 0.5) is 5.00 Å². The molecule has 0 radical (unpaired) electrons. The summed E-state index contributed by atoms with van der Waals surface area (Å²) in [5.41, 5.74) is 6.90. The third kappa shape index (κ3) is 3.83. The van der Waals surface area contributed by atoms with Crippen LogP contribution in [0.3, 0.4) is 0 Å². The number of ether oxygens (including phenoxy) is 1. The van der Waals surface area contributed by atoms with Crippen LogP contribution in [0.1, 0.15) is 44.0 Å². The van der Waals surface area contributed by atoms with Crippen LogP contribution in [0.2, 0.25) is 0 Å². The smallest absolute Gasteiger partial charge is 0.339 e. The molecular formula is C17H17N3O5S. The van der Waals surface area contributed by atoms with Gasteiger partial charge < -0.3 is 21.0 Å². The number of hydrogen-bond acceptors (Lipinski definition) is 6. The Kier molecular flexibility index (Phi) is 5.17. The topological polar surface area (TPSA) is 125 Å². The summed E-state index contributed by atoms with van der Waals surface area (Å²) in [5.74, 6) is -1.86. The van der Waals surface area contributed by atoms with Crippen LogP contribution in [0.5, 0.6) is 0 Å². The minimum absolute atomic E-state index is 0.161. The number of esters is 1. The molecule has 0 aliphatic heterocycles. The van der Waals surface area contributed by atoms with E-state index in [-0.39, 0.29) is 5.56 Å². The van der Waals surface area contributed by atoms with E-state index in [2.05, 4.69) is 5.32 Å². The van der Waals surface area contributed by atoms with Gasteiger partial charge in [-0.05, 0) is 31.2 Å². The number of aryl methyl sites for hydroxylation is 1. The van der Waals surface area contributed by atoms with Crippen LogP contribution in [0.15, 0.2) is 24.5 Å². The highest BCUT2D eigenvalue weighted by molar-refractivity contribution is 7.17. The van der Waals surface area contributed by atoms with Crippen LogP contribution in [0.25, 0.3) is 0 Å². The normalized spacial score (nSPS) is 12.9. The maximum atomic E-state index is 12.1. The Labute approximate surface area is 153 Å². The number of fused-ring (bicyclic) bond motifs is 1. The molecule has 0 saturated carbocycles. The standard InChI is InChI=1S/C17H17N3O5S/c18-15(22)14-11-3-1-2-4-12(11)26-16(14)19-13(21)9-25-17(23)10-5-7-20(24)8-6-10/h5-8H,1-4,9H2,(H2,18,22)(H,19,21). The fourth-order valence-electron chi connectivity index (χ4n) is 2.84. The van der Waals surface area contributed by atoms with Crippen molar-refractivity contribution in [2.75, 3.05) is 11.9 Å². The molecule has 0 fully saturated rings. The summed E-state index contributed by atoms with van der Waals surface area (Å²) in [7, 11) is 0. The van der Waals surface area contributed by atoms with E-state index in [1.807, 2.05) is 0 Å². The van der Waals surface area contributed by atoms with Gasteiger partial charge in [0.15, 0.2) is 19.0 Å². The molecule has 2 aromatic heterocycles. The fraction of sp³-hybridized carbons (Fsp3) is 0.294. The molecule has 0 bridgehead atoms. The van der Waals surface area contributed by atoms with Crippen molar-refractivity contribution in [2.45, 2.75) is 25.7 Å². The average Bonchev–Trinajstić information content (AvgIpc) is 2.98. The number of nitrogens with zero attached hydrogens (tertiary/aromatic N) is 1. The van der Waals surface area contributed by atoms with Gasteiger partial charge in [0.05, 0.1) is 11.1 Å². The van der Waals surface area contributed by atoms with Crippen LogP contribution in [0, 0.1) is 5.21 Å². The summed E-state index contributed by atoms with van der Waals surface area (Å²) in [6.45, 7) is -0.508. The Morgan fingerprint density at radius 1 is 1.23 bits per heavy atom. The third-order valence-electron chi connectivity index (χ3n) is 4.04. The van der Waals surface area contributed by atoms with Crippen molar-refractivity contribution in [1.29, 1.82) is 0 Å². The summed E-state index contributed by atoms with van der Waals surface area (Å²) in [6, 6.07) is 2.59. The highest BCUT2D eigenvalue weighted by atomic mass is 32.1. The summed E-state index contributed by atoms with van der Waals surface area (Å²) in [6.07, 6.45) is 5.96. The van der Waals surface area contributed by atoms with E-state index in [0.29, 0.717) is 15.3 Å². The molecule has 9 heteroatoms.